The molecular weight excluding hydrogens is 437 g/mol. The molecule has 2 aliphatic heterocycles. The number of piperazine rings is 1. The van der Waals surface area contributed by atoms with Crippen molar-refractivity contribution in [2.75, 3.05) is 49.1 Å². The Morgan fingerprint density at radius 3 is 2.39 bits per heavy atom. The van der Waals surface area contributed by atoms with Crippen molar-refractivity contribution in [2.24, 2.45) is 5.92 Å². The van der Waals surface area contributed by atoms with Crippen molar-refractivity contribution >= 4 is 17.4 Å². The van der Waals surface area contributed by atoms with Crippen LogP contribution in [0.5, 0.6) is 0 Å². The maximum absolute atomic E-state index is 13.0. The SMILES string of the molecule is O=C(C1CN(c2cc(-n3cncn3)ncn2)C1)N1CCN(c2cccc(C(F)(F)F)c2)CC1. The molecule has 0 saturated carbocycles. The fourth-order valence-electron chi connectivity index (χ4n) is 4.11. The molecule has 5 rings (SSSR count). The van der Waals surface area contributed by atoms with Gasteiger partial charge in [0.25, 0.3) is 0 Å². The first-order chi connectivity index (χ1) is 15.9. The van der Waals surface area contributed by atoms with E-state index < -0.39 is 11.7 Å². The molecule has 2 aromatic heterocycles. The Balaban J connectivity index is 1.15. The molecule has 0 atom stereocenters. The number of carbonyl (C=O) groups is 1. The minimum atomic E-state index is -4.37. The number of rotatable bonds is 4. The topological polar surface area (TPSA) is 83.3 Å². The summed E-state index contributed by atoms with van der Waals surface area (Å²) in [5.41, 5.74) is -0.136. The van der Waals surface area contributed by atoms with Crippen LogP contribution in [0.3, 0.4) is 0 Å². The second-order valence-electron chi connectivity index (χ2n) is 8.04. The highest BCUT2D eigenvalue weighted by Gasteiger charge is 2.37. The van der Waals surface area contributed by atoms with E-state index in [1.165, 1.54) is 23.4 Å². The molecule has 2 saturated heterocycles. The lowest BCUT2D eigenvalue weighted by molar-refractivity contribution is -0.137. The van der Waals surface area contributed by atoms with E-state index in [0.29, 0.717) is 56.6 Å². The molecule has 33 heavy (non-hydrogen) atoms. The minimum Gasteiger partial charge on any atom is -0.368 e. The van der Waals surface area contributed by atoms with E-state index in [1.54, 1.807) is 23.4 Å². The summed E-state index contributed by atoms with van der Waals surface area (Å²) in [5.74, 6) is 1.25. The van der Waals surface area contributed by atoms with Crippen LogP contribution in [0.2, 0.25) is 0 Å². The van der Waals surface area contributed by atoms with Gasteiger partial charge in [-0.25, -0.2) is 19.6 Å². The van der Waals surface area contributed by atoms with E-state index in [2.05, 4.69) is 20.1 Å². The molecule has 2 fully saturated rings. The third kappa shape index (κ3) is 4.32. The van der Waals surface area contributed by atoms with E-state index in [-0.39, 0.29) is 11.8 Å². The van der Waals surface area contributed by atoms with Gasteiger partial charge in [-0.2, -0.15) is 18.3 Å². The van der Waals surface area contributed by atoms with Crippen LogP contribution in [0, 0.1) is 5.92 Å². The lowest BCUT2D eigenvalue weighted by Gasteiger charge is -2.43. The molecule has 0 unspecified atom stereocenters. The standard InChI is InChI=1S/C21H21F3N8O/c22-21(23,24)16-2-1-3-17(8-16)29-4-6-30(7-5-29)20(33)15-10-31(11-15)18-9-19(27-13-26-18)32-14-25-12-28-32/h1-3,8-9,12-15H,4-7,10-11H2. The first kappa shape index (κ1) is 21.2. The van der Waals surface area contributed by atoms with Gasteiger partial charge in [0.2, 0.25) is 5.91 Å². The molecule has 0 radical (unpaired) electrons. The van der Waals surface area contributed by atoms with Gasteiger partial charge in [-0.3, -0.25) is 4.79 Å². The Hall–Kier alpha value is -3.70. The summed E-state index contributed by atoms with van der Waals surface area (Å²) in [6.07, 6.45) is 0.0541. The Morgan fingerprint density at radius 1 is 0.939 bits per heavy atom. The summed E-state index contributed by atoms with van der Waals surface area (Å²) < 4.78 is 40.5. The summed E-state index contributed by atoms with van der Waals surface area (Å²) in [7, 11) is 0. The predicted octanol–water partition coefficient (Wildman–Crippen LogP) is 1.86. The molecule has 12 heteroatoms. The molecule has 1 amide bonds. The Bertz CT molecular complexity index is 1120. The van der Waals surface area contributed by atoms with Gasteiger partial charge in [-0.15, -0.1) is 0 Å². The molecule has 172 valence electrons. The lowest BCUT2D eigenvalue weighted by Crippen LogP contribution is -2.58. The lowest BCUT2D eigenvalue weighted by atomic mass is 9.98. The number of anilines is 2. The number of nitrogens with zero attached hydrogens (tertiary/aromatic N) is 8. The number of amides is 1. The van der Waals surface area contributed by atoms with Gasteiger partial charge in [-0.1, -0.05) is 6.07 Å². The zero-order valence-corrected chi connectivity index (χ0v) is 17.6. The third-order valence-electron chi connectivity index (χ3n) is 5.98. The number of hydrogen-bond donors (Lipinski definition) is 0. The molecule has 4 heterocycles. The fraction of sp³-hybridized carbons (Fsp3) is 0.381. The zero-order chi connectivity index (χ0) is 23.0. The quantitative estimate of drug-likeness (QED) is 0.590. The third-order valence-corrected chi connectivity index (χ3v) is 5.98. The Labute approximate surface area is 187 Å². The highest BCUT2D eigenvalue weighted by molar-refractivity contribution is 5.82. The highest BCUT2D eigenvalue weighted by Crippen LogP contribution is 2.32. The summed E-state index contributed by atoms with van der Waals surface area (Å²) in [6.45, 7) is 3.07. The molecule has 9 nitrogen and oxygen atoms in total. The monoisotopic (exact) mass is 458 g/mol. The van der Waals surface area contributed by atoms with E-state index in [4.69, 9.17) is 0 Å². The largest absolute Gasteiger partial charge is 0.416 e. The van der Waals surface area contributed by atoms with Gasteiger partial charge in [0, 0.05) is 51.0 Å². The van der Waals surface area contributed by atoms with Crippen LogP contribution in [0.1, 0.15) is 5.56 Å². The van der Waals surface area contributed by atoms with Gasteiger partial charge in [0.15, 0.2) is 5.82 Å². The smallest absolute Gasteiger partial charge is 0.368 e. The van der Waals surface area contributed by atoms with Crippen LogP contribution in [-0.4, -0.2) is 74.8 Å². The van der Waals surface area contributed by atoms with E-state index >= 15 is 0 Å². The number of hydrogen-bond acceptors (Lipinski definition) is 7. The molecule has 1 aromatic carbocycles. The summed E-state index contributed by atoms with van der Waals surface area (Å²) >= 11 is 0. The fourth-order valence-corrected chi connectivity index (χ4v) is 4.11. The number of halogens is 3. The highest BCUT2D eigenvalue weighted by atomic mass is 19.4. The van der Waals surface area contributed by atoms with Crippen molar-refractivity contribution in [1.82, 2.24) is 29.6 Å². The van der Waals surface area contributed by atoms with Crippen molar-refractivity contribution in [3.05, 3.63) is 54.9 Å². The average Bonchev–Trinajstić information content (AvgIpc) is 3.33. The van der Waals surface area contributed by atoms with Gasteiger partial charge in [-0.05, 0) is 18.2 Å². The van der Waals surface area contributed by atoms with Crippen LogP contribution in [0.15, 0.2) is 49.3 Å². The van der Waals surface area contributed by atoms with Crippen molar-refractivity contribution < 1.29 is 18.0 Å². The van der Waals surface area contributed by atoms with Gasteiger partial charge < -0.3 is 14.7 Å². The zero-order valence-electron chi connectivity index (χ0n) is 17.6. The number of aromatic nitrogens is 5. The predicted molar refractivity (Wildman–Crippen MR) is 113 cm³/mol. The molecule has 3 aromatic rings. The van der Waals surface area contributed by atoms with E-state index in [9.17, 15) is 18.0 Å². The van der Waals surface area contributed by atoms with Crippen molar-refractivity contribution in [2.45, 2.75) is 6.18 Å². The Morgan fingerprint density at radius 2 is 1.70 bits per heavy atom. The number of benzene rings is 1. The maximum Gasteiger partial charge on any atom is 0.416 e. The first-order valence-corrected chi connectivity index (χ1v) is 10.5. The summed E-state index contributed by atoms with van der Waals surface area (Å²) in [4.78, 5) is 31.0. The summed E-state index contributed by atoms with van der Waals surface area (Å²) in [5, 5.41) is 4.06. The maximum atomic E-state index is 13.0. The summed E-state index contributed by atoms with van der Waals surface area (Å²) in [6, 6.07) is 7.11. The second kappa shape index (κ2) is 8.34. The Kier molecular flexibility index (Phi) is 5.35. The van der Waals surface area contributed by atoms with Gasteiger partial charge in [0.05, 0.1) is 11.5 Å². The molecular formula is C21H21F3N8O. The van der Waals surface area contributed by atoms with Crippen LogP contribution in [0.4, 0.5) is 24.7 Å². The molecule has 0 bridgehead atoms. The molecule has 0 N–H and O–H groups in total. The van der Waals surface area contributed by atoms with Crippen LogP contribution in [0.25, 0.3) is 5.82 Å². The van der Waals surface area contributed by atoms with Crippen LogP contribution in [-0.2, 0) is 11.0 Å². The second-order valence-corrected chi connectivity index (χ2v) is 8.04. The minimum absolute atomic E-state index is 0.0699. The van der Waals surface area contributed by atoms with Crippen LogP contribution < -0.4 is 9.80 Å². The van der Waals surface area contributed by atoms with Crippen molar-refractivity contribution in [1.29, 1.82) is 0 Å². The van der Waals surface area contributed by atoms with Crippen LogP contribution >= 0.6 is 0 Å². The first-order valence-electron chi connectivity index (χ1n) is 10.5. The van der Waals surface area contributed by atoms with Crippen molar-refractivity contribution in [3.8, 4) is 5.82 Å². The van der Waals surface area contributed by atoms with Gasteiger partial charge in [0.1, 0.15) is 24.8 Å². The average molecular weight is 458 g/mol. The molecule has 0 aliphatic carbocycles. The van der Waals surface area contributed by atoms with E-state index in [0.717, 1.165) is 12.1 Å². The number of carbonyl (C=O) groups excluding carboxylic acids is 1. The van der Waals surface area contributed by atoms with Gasteiger partial charge >= 0.3 is 6.18 Å². The van der Waals surface area contributed by atoms with E-state index in [1.807, 2.05) is 9.80 Å². The normalized spacial score (nSPS) is 17.2. The molecule has 2 aliphatic rings. The van der Waals surface area contributed by atoms with Crippen molar-refractivity contribution in [3.63, 3.8) is 0 Å². The number of alkyl halides is 3. The molecule has 0 spiro atoms.